The molecule has 1 heterocycles. The van der Waals surface area contributed by atoms with Gasteiger partial charge in [-0.1, -0.05) is 31.0 Å². The highest BCUT2D eigenvalue weighted by Crippen LogP contribution is 2.52. The maximum absolute atomic E-state index is 12.5. The van der Waals surface area contributed by atoms with E-state index in [-0.39, 0.29) is 17.5 Å². The molecule has 5 nitrogen and oxygen atoms in total. The van der Waals surface area contributed by atoms with E-state index in [2.05, 4.69) is 9.71 Å². The van der Waals surface area contributed by atoms with E-state index >= 15 is 0 Å². The van der Waals surface area contributed by atoms with Gasteiger partial charge in [-0.15, -0.1) is 0 Å². The summed E-state index contributed by atoms with van der Waals surface area (Å²) in [7, 11) is -3.55. The normalized spacial score (nSPS) is 24.0. The zero-order chi connectivity index (χ0) is 18.9. The lowest BCUT2D eigenvalue weighted by Gasteiger charge is -2.17. The molecule has 2 aliphatic rings. The number of aliphatic hydroxyl groups excluding tert-OH is 1. The molecule has 0 bridgehead atoms. The van der Waals surface area contributed by atoms with Gasteiger partial charge in [-0.2, -0.15) is 0 Å². The Kier molecular flexibility index (Phi) is 5.30. The van der Waals surface area contributed by atoms with Crippen molar-refractivity contribution in [3.05, 3.63) is 59.9 Å². The molecule has 4 rings (SSSR count). The summed E-state index contributed by atoms with van der Waals surface area (Å²) in [6, 6.07) is 10.7. The lowest BCUT2D eigenvalue weighted by molar-refractivity contribution is 0.0874. The highest BCUT2D eigenvalue weighted by atomic mass is 32.2. The number of hydrogen-bond donors (Lipinski definition) is 2. The molecule has 2 N–H and O–H groups in total. The van der Waals surface area contributed by atoms with Gasteiger partial charge in [-0.3, -0.25) is 4.98 Å². The van der Waals surface area contributed by atoms with E-state index in [1.54, 1.807) is 30.6 Å². The van der Waals surface area contributed by atoms with Crippen LogP contribution in [0.5, 0.6) is 0 Å². The summed E-state index contributed by atoms with van der Waals surface area (Å²) in [5, 5.41) is 10.6. The third-order valence-corrected chi connectivity index (χ3v) is 7.39. The van der Waals surface area contributed by atoms with E-state index in [4.69, 9.17) is 0 Å². The highest BCUT2D eigenvalue weighted by molar-refractivity contribution is 7.89. The maximum Gasteiger partial charge on any atom is 0.240 e. The zero-order valence-electron chi connectivity index (χ0n) is 15.3. The van der Waals surface area contributed by atoms with Crippen molar-refractivity contribution in [3.63, 3.8) is 0 Å². The van der Waals surface area contributed by atoms with Crippen molar-refractivity contribution >= 4 is 10.0 Å². The standard InChI is InChI=1S/C21H26N2O3S/c24-21(17-5-1-2-6-17)20-12-19(20)16-7-9-18(10-8-16)27(25,26)23-14-15-4-3-11-22-13-15/h3-4,7-11,13,17,19-21,23-24H,1-2,5-6,12,14H2. The minimum atomic E-state index is -3.55. The highest BCUT2D eigenvalue weighted by Gasteiger charge is 2.46. The van der Waals surface area contributed by atoms with Crippen LogP contribution < -0.4 is 4.72 Å². The second kappa shape index (κ2) is 7.70. The molecule has 2 saturated carbocycles. The van der Waals surface area contributed by atoms with Gasteiger partial charge in [-0.05, 0) is 66.3 Å². The Morgan fingerprint density at radius 2 is 1.89 bits per heavy atom. The number of rotatable bonds is 7. The van der Waals surface area contributed by atoms with Crippen LogP contribution >= 0.6 is 0 Å². The molecule has 6 heteroatoms. The molecule has 3 atom stereocenters. The molecule has 144 valence electrons. The van der Waals surface area contributed by atoms with Crippen LogP contribution in [0.2, 0.25) is 0 Å². The molecule has 27 heavy (non-hydrogen) atoms. The molecule has 1 aromatic heterocycles. The van der Waals surface area contributed by atoms with E-state index in [0.717, 1.165) is 30.4 Å². The lowest BCUT2D eigenvalue weighted by atomic mass is 9.95. The number of nitrogens with zero attached hydrogens (tertiary/aromatic N) is 1. The topological polar surface area (TPSA) is 79.3 Å². The Bertz CT molecular complexity index is 862. The largest absolute Gasteiger partial charge is 0.393 e. The number of hydrogen-bond acceptors (Lipinski definition) is 4. The molecular formula is C21H26N2O3S. The van der Waals surface area contributed by atoms with E-state index in [0.29, 0.717) is 17.8 Å². The quantitative estimate of drug-likeness (QED) is 0.766. The van der Waals surface area contributed by atoms with Gasteiger partial charge in [0.25, 0.3) is 0 Å². The van der Waals surface area contributed by atoms with Gasteiger partial charge in [0.1, 0.15) is 0 Å². The first kappa shape index (κ1) is 18.6. The fraction of sp³-hybridized carbons (Fsp3) is 0.476. The Morgan fingerprint density at radius 1 is 1.15 bits per heavy atom. The van der Waals surface area contributed by atoms with Gasteiger partial charge >= 0.3 is 0 Å². The van der Waals surface area contributed by atoms with Crippen LogP contribution in [0.4, 0.5) is 0 Å². The summed E-state index contributed by atoms with van der Waals surface area (Å²) in [5.41, 5.74) is 1.95. The van der Waals surface area contributed by atoms with Crippen molar-refractivity contribution in [1.82, 2.24) is 9.71 Å². The fourth-order valence-electron chi connectivity index (χ4n) is 4.28. The van der Waals surface area contributed by atoms with Crippen LogP contribution in [0.3, 0.4) is 0 Å². The van der Waals surface area contributed by atoms with E-state index in [1.165, 1.54) is 12.8 Å². The predicted molar refractivity (Wildman–Crippen MR) is 104 cm³/mol. The van der Waals surface area contributed by atoms with Gasteiger partial charge in [0.2, 0.25) is 10.0 Å². The number of sulfonamides is 1. The molecule has 2 aliphatic carbocycles. The summed E-state index contributed by atoms with van der Waals surface area (Å²) in [6.45, 7) is 0.218. The molecule has 2 fully saturated rings. The minimum Gasteiger partial charge on any atom is -0.393 e. The lowest BCUT2D eigenvalue weighted by Crippen LogP contribution is -2.23. The summed E-state index contributed by atoms with van der Waals surface area (Å²) in [6.07, 6.45) is 8.86. The van der Waals surface area contributed by atoms with Crippen LogP contribution in [-0.2, 0) is 16.6 Å². The Hall–Kier alpha value is -1.76. The second-order valence-electron chi connectivity index (χ2n) is 7.80. The molecule has 0 saturated heterocycles. The van der Waals surface area contributed by atoms with Gasteiger partial charge in [-0.25, -0.2) is 13.1 Å². The maximum atomic E-state index is 12.5. The molecule has 0 amide bonds. The van der Waals surface area contributed by atoms with Crippen molar-refractivity contribution in [1.29, 1.82) is 0 Å². The average Bonchev–Trinajstić information content (AvgIpc) is 3.31. The van der Waals surface area contributed by atoms with Crippen molar-refractivity contribution in [3.8, 4) is 0 Å². The second-order valence-corrected chi connectivity index (χ2v) is 9.56. The fourth-order valence-corrected chi connectivity index (χ4v) is 5.30. The first-order valence-electron chi connectivity index (χ1n) is 9.71. The molecule has 2 aromatic rings. The minimum absolute atomic E-state index is 0.206. The first-order chi connectivity index (χ1) is 13.0. The molecule has 1 aromatic carbocycles. The number of pyridine rings is 1. The molecule has 0 aliphatic heterocycles. The van der Waals surface area contributed by atoms with Gasteiger partial charge in [0.15, 0.2) is 0 Å². The number of aromatic nitrogens is 1. The van der Waals surface area contributed by atoms with Gasteiger partial charge in [0, 0.05) is 18.9 Å². The van der Waals surface area contributed by atoms with Crippen LogP contribution in [0.25, 0.3) is 0 Å². The molecular weight excluding hydrogens is 360 g/mol. The Morgan fingerprint density at radius 3 is 2.56 bits per heavy atom. The number of nitrogens with one attached hydrogen (secondary N) is 1. The van der Waals surface area contributed by atoms with Crippen LogP contribution in [0.15, 0.2) is 53.7 Å². The van der Waals surface area contributed by atoms with Crippen molar-refractivity contribution in [2.45, 2.75) is 55.6 Å². The van der Waals surface area contributed by atoms with Crippen LogP contribution in [0, 0.1) is 11.8 Å². The third-order valence-electron chi connectivity index (χ3n) is 5.97. The number of aliphatic hydroxyl groups is 1. The van der Waals surface area contributed by atoms with Crippen LogP contribution in [-0.4, -0.2) is 24.6 Å². The Balaban J connectivity index is 1.37. The van der Waals surface area contributed by atoms with Crippen LogP contribution in [0.1, 0.15) is 49.1 Å². The first-order valence-corrected chi connectivity index (χ1v) is 11.2. The summed E-state index contributed by atoms with van der Waals surface area (Å²) in [5.74, 6) is 1.15. The van der Waals surface area contributed by atoms with Crippen molar-refractivity contribution in [2.24, 2.45) is 11.8 Å². The molecule has 0 spiro atoms. The van der Waals surface area contributed by atoms with Crippen molar-refractivity contribution < 1.29 is 13.5 Å². The van der Waals surface area contributed by atoms with E-state index in [9.17, 15) is 13.5 Å². The van der Waals surface area contributed by atoms with E-state index in [1.807, 2.05) is 18.2 Å². The summed E-state index contributed by atoms with van der Waals surface area (Å²) in [4.78, 5) is 4.26. The number of benzene rings is 1. The zero-order valence-corrected chi connectivity index (χ0v) is 16.1. The monoisotopic (exact) mass is 386 g/mol. The Labute approximate surface area is 160 Å². The van der Waals surface area contributed by atoms with Crippen molar-refractivity contribution in [2.75, 3.05) is 0 Å². The van der Waals surface area contributed by atoms with E-state index < -0.39 is 10.0 Å². The molecule has 0 radical (unpaired) electrons. The summed E-state index contributed by atoms with van der Waals surface area (Å²) >= 11 is 0. The predicted octanol–water partition coefficient (Wildman–Crippen LogP) is 3.21. The smallest absolute Gasteiger partial charge is 0.240 e. The molecule has 3 unspecified atom stereocenters. The van der Waals surface area contributed by atoms with Gasteiger partial charge < -0.3 is 5.11 Å². The average molecular weight is 387 g/mol. The van der Waals surface area contributed by atoms with Gasteiger partial charge in [0.05, 0.1) is 11.0 Å². The third kappa shape index (κ3) is 4.23. The summed E-state index contributed by atoms with van der Waals surface area (Å²) < 4.78 is 27.6. The SMILES string of the molecule is O=S(=O)(NCc1cccnc1)c1ccc(C2CC2C(O)C2CCCC2)cc1.